The van der Waals surface area contributed by atoms with Crippen molar-refractivity contribution >= 4 is 17.6 Å². The first-order valence-corrected chi connectivity index (χ1v) is 3.68. The summed E-state index contributed by atoms with van der Waals surface area (Å²) in [5.74, 6) is -2.83. The Labute approximate surface area is 99.3 Å². The summed E-state index contributed by atoms with van der Waals surface area (Å²) in [6.07, 6.45) is 0. The van der Waals surface area contributed by atoms with Crippen LogP contribution < -0.4 is 0 Å². The van der Waals surface area contributed by atoms with Gasteiger partial charge in [0.25, 0.3) is 5.69 Å². The summed E-state index contributed by atoms with van der Waals surface area (Å²) in [7, 11) is 0. The van der Waals surface area contributed by atoms with Crippen molar-refractivity contribution < 1.29 is 41.8 Å². The number of nitro groups is 1. The third kappa shape index (κ3) is 2.78. The Morgan fingerprint density at radius 2 is 1.75 bits per heavy atom. The number of hydrogen-bond donors (Lipinski definition) is 2. The van der Waals surface area contributed by atoms with Gasteiger partial charge >= 0.3 is 29.0 Å². The molecule has 87 valence electrons. The summed E-state index contributed by atoms with van der Waals surface area (Å²) in [5.41, 5.74) is -1.60. The van der Waals surface area contributed by atoms with Gasteiger partial charge in [-0.1, -0.05) is 0 Å². The first kappa shape index (κ1) is 14.1. The number of benzene rings is 1. The zero-order valence-corrected chi connectivity index (χ0v) is 8.45. The van der Waals surface area contributed by atoms with Gasteiger partial charge < -0.3 is 10.2 Å². The Morgan fingerprint density at radius 1 is 1.19 bits per heavy atom. The van der Waals surface area contributed by atoms with Crippen molar-refractivity contribution in [3.05, 3.63) is 39.4 Å². The number of nitro benzene ring substituents is 1. The van der Waals surface area contributed by atoms with Crippen molar-refractivity contribution in [2.75, 3.05) is 0 Å². The van der Waals surface area contributed by atoms with Crippen LogP contribution in [0.2, 0.25) is 0 Å². The normalized spacial score (nSPS) is 9.00. The Bertz CT molecular complexity index is 458. The third-order valence-corrected chi connectivity index (χ3v) is 1.67. The number of rotatable bonds is 3. The number of aromatic carboxylic acids is 2. The van der Waals surface area contributed by atoms with E-state index in [2.05, 4.69) is 0 Å². The number of carbonyl (C=O) groups is 2. The van der Waals surface area contributed by atoms with E-state index in [1.807, 2.05) is 0 Å². The molecular formula is C8H5CuNO6+2. The van der Waals surface area contributed by atoms with Gasteiger partial charge in [0, 0.05) is 6.07 Å². The summed E-state index contributed by atoms with van der Waals surface area (Å²) in [4.78, 5) is 30.6. The van der Waals surface area contributed by atoms with Crippen LogP contribution in [0.1, 0.15) is 20.7 Å². The number of carboxylic acids is 2. The smallest absolute Gasteiger partial charge is 0.478 e. The van der Waals surface area contributed by atoms with Crippen LogP contribution in [0.3, 0.4) is 0 Å². The molecule has 0 amide bonds. The van der Waals surface area contributed by atoms with E-state index in [4.69, 9.17) is 10.2 Å². The minimum Gasteiger partial charge on any atom is -0.478 e. The monoisotopic (exact) mass is 274 g/mol. The van der Waals surface area contributed by atoms with Crippen LogP contribution in [0.25, 0.3) is 0 Å². The second-order valence-corrected chi connectivity index (χ2v) is 2.60. The average molecular weight is 275 g/mol. The molecule has 7 nitrogen and oxygen atoms in total. The maximum absolute atomic E-state index is 10.6. The third-order valence-electron chi connectivity index (χ3n) is 1.67. The van der Waals surface area contributed by atoms with E-state index in [1.165, 1.54) is 0 Å². The molecule has 1 radical (unpaired) electrons. The molecule has 0 saturated heterocycles. The van der Waals surface area contributed by atoms with Crippen molar-refractivity contribution in [2.24, 2.45) is 0 Å². The molecule has 0 fully saturated rings. The summed E-state index contributed by atoms with van der Waals surface area (Å²) in [6.45, 7) is 0. The predicted octanol–water partition coefficient (Wildman–Crippen LogP) is 0.989. The molecule has 0 aromatic heterocycles. The van der Waals surface area contributed by atoms with E-state index in [0.29, 0.717) is 6.07 Å². The van der Waals surface area contributed by atoms with E-state index < -0.39 is 28.1 Å². The van der Waals surface area contributed by atoms with Crippen LogP contribution in [-0.2, 0) is 17.1 Å². The molecule has 16 heavy (non-hydrogen) atoms. The largest absolute Gasteiger partial charge is 2.00 e. The predicted molar refractivity (Wildman–Crippen MR) is 47.0 cm³/mol. The summed E-state index contributed by atoms with van der Waals surface area (Å²) in [6, 6.07) is 2.61. The van der Waals surface area contributed by atoms with E-state index >= 15 is 0 Å². The van der Waals surface area contributed by atoms with Gasteiger partial charge in [0.15, 0.2) is 0 Å². The van der Waals surface area contributed by atoms with Crippen molar-refractivity contribution in [3.63, 3.8) is 0 Å². The molecule has 0 spiro atoms. The van der Waals surface area contributed by atoms with Crippen LogP contribution in [0.4, 0.5) is 5.69 Å². The fourth-order valence-electron chi connectivity index (χ4n) is 0.997. The maximum Gasteiger partial charge on any atom is 2.00 e. The van der Waals surface area contributed by atoms with Crippen LogP contribution in [0, 0.1) is 10.1 Å². The Balaban J connectivity index is 0.00000225. The summed E-state index contributed by atoms with van der Waals surface area (Å²) >= 11 is 0. The second-order valence-electron chi connectivity index (χ2n) is 2.60. The molecule has 0 aliphatic heterocycles. The van der Waals surface area contributed by atoms with Gasteiger partial charge in [-0.3, -0.25) is 10.1 Å². The fourth-order valence-corrected chi connectivity index (χ4v) is 0.997. The van der Waals surface area contributed by atoms with Crippen molar-refractivity contribution in [1.29, 1.82) is 0 Å². The minimum absolute atomic E-state index is 0. The van der Waals surface area contributed by atoms with E-state index in [9.17, 15) is 19.7 Å². The van der Waals surface area contributed by atoms with Crippen LogP contribution in [-0.4, -0.2) is 27.1 Å². The van der Waals surface area contributed by atoms with Gasteiger partial charge in [0.1, 0.15) is 5.56 Å². The summed E-state index contributed by atoms with van der Waals surface area (Å²) in [5, 5.41) is 27.6. The van der Waals surface area contributed by atoms with Gasteiger partial charge in [-0.2, -0.15) is 0 Å². The maximum atomic E-state index is 10.6. The zero-order valence-electron chi connectivity index (χ0n) is 7.51. The quantitative estimate of drug-likeness (QED) is 0.482. The standard InChI is InChI=1S/C8H5NO6.Cu/c10-7(11)4-1-2-5(8(12)13)6(3-4)9(14)15;/h1-3H,(H,10,11)(H,12,13);/q;+2. The molecule has 8 heteroatoms. The molecule has 1 rings (SSSR count). The molecule has 0 saturated carbocycles. The van der Waals surface area contributed by atoms with Gasteiger partial charge in [0.05, 0.1) is 10.5 Å². The Kier molecular flexibility index (Phi) is 4.61. The first-order chi connectivity index (χ1) is 6.93. The van der Waals surface area contributed by atoms with Gasteiger partial charge in [-0.25, -0.2) is 9.59 Å². The molecule has 0 aliphatic rings. The van der Waals surface area contributed by atoms with Gasteiger partial charge in [-0.15, -0.1) is 0 Å². The molecule has 0 heterocycles. The topological polar surface area (TPSA) is 118 Å². The van der Waals surface area contributed by atoms with E-state index in [1.54, 1.807) is 0 Å². The van der Waals surface area contributed by atoms with Crippen molar-refractivity contribution in [1.82, 2.24) is 0 Å². The minimum atomic E-state index is -1.47. The second kappa shape index (κ2) is 5.24. The molecule has 0 unspecified atom stereocenters. The zero-order chi connectivity index (χ0) is 11.6. The fraction of sp³-hybridized carbons (Fsp3) is 0. The van der Waals surface area contributed by atoms with Gasteiger partial charge in [-0.05, 0) is 12.1 Å². The van der Waals surface area contributed by atoms with Crippen molar-refractivity contribution in [2.45, 2.75) is 0 Å². The Morgan fingerprint density at radius 3 is 2.12 bits per heavy atom. The van der Waals surface area contributed by atoms with E-state index in [0.717, 1.165) is 12.1 Å². The SMILES string of the molecule is O=C(O)c1ccc(C(=O)O)c([N+](=O)[O-])c1.[Cu+2]. The number of nitrogens with zero attached hydrogens (tertiary/aromatic N) is 1. The molecule has 1 aromatic carbocycles. The van der Waals surface area contributed by atoms with Crippen molar-refractivity contribution in [3.8, 4) is 0 Å². The first-order valence-electron chi connectivity index (χ1n) is 3.68. The van der Waals surface area contributed by atoms with Crippen LogP contribution in [0.5, 0.6) is 0 Å². The summed E-state index contributed by atoms with van der Waals surface area (Å²) < 4.78 is 0. The molecule has 0 bridgehead atoms. The molecule has 0 atom stereocenters. The van der Waals surface area contributed by atoms with Crippen LogP contribution >= 0.6 is 0 Å². The van der Waals surface area contributed by atoms with Crippen LogP contribution in [0.15, 0.2) is 18.2 Å². The van der Waals surface area contributed by atoms with E-state index in [-0.39, 0.29) is 22.6 Å². The number of hydrogen-bond acceptors (Lipinski definition) is 4. The molecule has 1 aromatic rings. The molecule has 0 aliphatic carbocycles. The van der Waals surface area contributed by atoms with Gasteiger partial charge in [0.2, 0.25) is 0 Å². The number of carboxylic acid groups (broad SMARTS) is 2. The Hall–Kier alpha value is -1.92. The average Bonchev–Trinajstić information content (AvgIpc) is 2.16. The molecule has 2 N–H and O–H groups in total. The molecular weight excluding hydrogens is 270 g/mol.